The average molecular weight is 209 g/mol. The van der Waals surface area contributed by atoms with Gasteiger partial charge in [0.25, 0.3) is 0 Å². The Kier molecular flexibility index (Phi) is 3.19. The zero-order chi connectivity index (χ0) is 11.7. The van der Waals surface area contributed by atoms with E-state index < -0.39 is 5.67 Å². The summed E-state index contributed by atoms with van der Waals surface area (Å²) in [5.41, 5.74) is 6.09. The molecular formula is C13H20FN. The summed E-state index contributed by atoms with van der Waals surface area (Å²) in [6.07, 6.45) is 0.691. The lowest BCUT2D eigenvalue weighted by atomic mass is 9.87. The van der Waals surface area contributed by atoms with E-state index in [0.717, 1.165) is 11.1 Å². The second-order valence-corrected chi connectivity index (χ2v) is 5.29. The van der Waals surface area contributed by atoms with Crippen molar-refractivity contribution in [1.82, 2.24) is 0 Å². The van der Waals surface area contributed by atoms with Crippen LogP contribution in [0.25, 0.3) is 0 Å². The summed E-state index contributed by atoms with van der Waals surface area (Å²) in [5.74, 6) is 0. The highest BCUT2D eigenvalue weighted by atomic mass is 19.1. The first-order valence-electron chi connectivity index (χ1n) is 5.26. The topological polar surface area (TPSA) is 26.0 Å². The number of hydrogen-bond donors (Lipinski definition) is 1. The van der Waals surface area contributed by atoms with Gasteiger partial charge in [0.05, 0.1) is 0 Å². The van der Waals surface area contributed by atoms with Crippen LogP contribution >= 0.6 is 0 Å². The van der Waals surface area contributed by atoms with Crippen molar-refractivity contribution < 1.29 is 4.39 Å². The second-order valence-electron chi connectivity index (χ2n) is 5.29. The van der Waals surface area contributed by atoms with E-state index in [4.69, 9.17) is 5.73 Å². The number of alkyl halides is 1. The molecule has 2 N–H and O–H groups in total. The number of hydrogen-bond acceptors (Lipinski definition) is 1. The summed E-state index contributed by atoms with van der Waals surface area (Å²) < 4.78 is 13.9. The fourth-order valence-corrected chi connectivity index (χ4v) is 1.75. The lowest BCUT2D eigenvalue weighted by Crippen LogP contribution is -2.35. The van der Waals surface area contributed by atoms with Crippen molar-refractivity contribution in [2.75, 3.05) is 0 Å². The molecule has 1 nitrogen and oxygen atoms in total. The van der Waals surface area contributed by atoms with Crippen LogP contribution in [0, 0.1) is 0 Å². The van der Waals surface area contributed by atoms with Gasteiger partial charge in [-0.1, -0.05) is 24.3 Å². The molecule has 1 rings (SSSR count). The van der Waals surface area contributed by atoms with Gasteiger partial charge in [-0.25, -0.2) is 4.39 Å². The number of nitrogens with two attached hydrogens (primary N) is 1. The highest BCUT2D eigenvalue weighted by Gasteiger charge is 2.24. The van der Waals surface area contributed by atoms with Gasteiger partial charge in [-0.15, -0.1) is 0 Å². The van der Waals surface area contributed by atoms with E-state index in [0.29, 0.717) is 6.42 Å². The van der Waals surface area contributed by atoms with Crippen LogP contribution in [0.4, 0.5) is 4.39 Å². The molecule has 0 heterocycles. The van der Waals surface area contributed by atoms with Gasteiger partial charge in [0.2, 0.25) is 0 Å². The normalized spacial score (nSPS) is 12.9. The summed E-state index contributed by atoms with van der Waals surface area (Å²) >= 11 is 0. The highest BCUT2D eigenvalue weighted by molar-refractivity contribution is 5.32. The van der Waals surface area contributed by atoms with Crippen molar-refractivity contribution in [1.29, 1.82) is 0 Å². The first kappa shape index (κ1) is 12.2. The number of benzene rings is 1. The minimum atomic E-state index is -1.30. The molecule has 84 valence electrons. The number of rotatable bonds is 3. The molecule has 0 saturated heterocycles. The molecular weight excluding hydrogens is 189 g/mol. The Morgan fingerprint density at radius 2 is 1.67 bits per heavy atom. The molecule has 0 aliphatic rings. The second kappa shape index (κ2) is 3.93. The lowest BCUT2D eigenvalue weighted by Gasteiger charge is -2.24. The van der Waals surface area contributed by atoms with Crippen molar-refractivity contribution in [2.24, 2.45) is 5.73 Å². The fraction of sp³-hybridized carbons (Fsp3) is 0.538. The molecule has 0 radical (unpaired) electrons. The Morgan fingerprint density at radius 1 is 1.13 bits per heavy atom. The van der Waals surface area contributed by atoms with Gasteiger partial charge in [0.15, 0.2) is 0 Å². The maximum Gasteiger partial charge on any atom is 0.130 e. The average Bonchev–Trinajstić information content (AvgIpc) is 1.99. The molecule has 0 saturated carbocycles. The van der Waals surface area contributed by atoms with Gasteiger partial charge in [-0.3, -0.25) is 0 Å². The molecule has 0 atom stereocenters. The molecule has 0 unspecified atom stereocenters. The third-order valence-electron chi connectivity index (χ3n) is 2.30. The van der Waals surface area contributed by atoms with Crippen LogP contribution < -0.4 is 5.73 Å². The van der Waals surface area contributed by atoms with Crippen LogP contribution in [0.1, 0.15) is 38.8 Å². The molecule has 1 aromatic carbocycles. The van der Waals surface area contributed by atoms with E-state index in [1.807, 2.05) is 38.1 Å². The van der Waals surface area contributed by atoms with Crippen molar-refractivity contribution in [3.63, 3.8) is 0 Å². The molecule has 0 amide bonds. The Balaban J connectivity index is 3.08. The molecule has 2 heteroatoms. The van der Waals surface area contributed by atoms with Crippen LogP contribution in [-0.2, 0) is 12.1 Å². The van der Waals surface area contributed by atoms with E-state index in [1.165, 1.54) is 0 Å². The highest BCUT2D eigenvalue weighted by Crippen LogP contribution is 2.29. The minimum Gasteiger partial charge on any atom is -0.325 e. The Bertz CT molecular complexity index is 331. The van der Waals surface area contributed by atoms with Gasteiger partial charge in [-0.2, -0.15) is 0 Å². The number of halogens is 1. The van der Waals surface area contributed by atoms with E-state index >= 15 is 0 Å². The first-order chi connectivity index (χ1) is 6.70. The van der Waals surface area contributed by atoms with Crippen LogP contribution in [0.5, 0.6) is 0 Å². The molecule has 0 aliphatic carbocycles. The monoisotopic (exact) mass is 209 g/mol. The van der Waals surface area contributed by atoms with Gasteiger partial charge in [0, 0.05) is 5.54 Å². The van der Waals surface area contributed by atoms with E-state index in [-0.39, 0.29) is 5.54 Å². The van der Waals surface area contributed by atoms with Gasteiger partial charge < -0.3 is 5.73 Å². The largest absolute Gasteiger partial charge is 0.325 e. The maximum absolute atomic E-state index is 13.9. The molecule has 0 aliphatic heterocycles. The third-order valence-corrected chi connectivity index (χ3v) is 2.30. The standard InChI is InChI=1S/C13H20FN/c1-12(2,15)9-10-7-5-6-8-11(10)13(3,4)14/h5-8H,9,15H2,1-4H3. The van der Waals surface area contributed by atoms with Gasteiger partial charge in [-0.05, 0) is 45.2 Å². The molecule has 0 fully saturated rings. The summed E-state index contributed by atoms with van der Waals surface area (Å²) in [7, 11) is 0. The van der Waals surface area contributed by atoms with Crippen LogP contribution in [0.2, 0.25) is 0 Å². The molecule has 15 heavy (non-hydrogen) atoms. The molecule has 0 bridgehead atoms. The Hall–Kier alpha value is -0.890. The van der Waals surface area contributed by atoms with E-state index in [9.17, 15) is 4.39 Å². The predicted molar refractivity (Wildman–Crippen MR) is 62.5 cm³/mol. The van der Waals surface area contributed by atoms with Crippen LogP contribution in [-0.4, -0.2) is 5.54 Å². The van der Waals surface area contributed by atoms with Crippen molar-refractivity contribution >= 4 is 0 Å². The fourth-order valence-electron chi connectivity index (χ4n) is 1.75. The Morgan fingerprint density at radius 3 is 2.13 bits per heavy atom. The van der Waals surface area contributed by atoms with E-state index in [2.05, 4.69) is 0 Å². The van der Waals surface area contributed by atoms with Crippen LogP contribution in [0.3, 0.4) is 0 Å². The van der Waals surface area contributed by atoms with Crippen molar-refractivity contribution in [3.05, 3.63) is 35.4 Å². The zero-order valence-electron chi connectivity index (χ0n) is 9.97. The van der Waals surface area contributed by atoms with Crippen LogP contribution in [0.15, 0.2) is 24.3 Å². The summed E-state index contributed by atoms with van der Waals surface area (Å²) in [6.45, 7) is 7.06. The quantitative estimate of drug-likeness (QED) is 0.813. The zero-order valence-corrected chi connectivity index (χ0v) is 9.97. The van der Waals surface area contributed by atoms with Crippen molar-refractivity contribution in [2.45, 2.75) is 45.3 Å². The van der Waals surface area contributed by atoms with Crippen molar-refractivity contribution in [3.8, 4) is 0 Å². The van der Waals surface area contributed by atoms with E-state index in [1.54, 1.807) is 13.8 Å². The first-order valence-corrected chi connectivity index (χ1v) is 5.26. The summed E-state index contributed by atoms with van der Waals surface area (Å²) in [6, 6.07) is 7.58. The van der Waals surface area contributed by atoms with Gasteiger partial charge >= 0.3 is 0 Å². The summed E-state index contributed by atoms with van der Waals surface area (Å²) in [4.78, 5) is 0. The smallest absolute Gasteiger partial charge is 0.130 e. The Labute approximate surface area is 91.5 Å². The summed E-state index contributed by atoms with van der Waals surface area (Å²) in [5, 5.41) is 0. The molecule has 0 aromatic heterocycles. The third kappa shape index (κ3) is 3.63. The predicted octanol–water partition coefficient (Wildman–Crippen LogP) is 3.17. The SMILES string of the molecule is CC(C)(N)Cc1ccccc1C(C)(C)F. The van der Waals surface area contributed by atoms with Gasteiger partial charge in [0.1, 0.15) is 5.67 Å². The maximum atomic E-state index is 13.9. The molecule has 0 spiro atoms. The minimum absolute atomic E-state index is 0.304. The lowest BCUT2D eigenvalue weighted by molar-refractivity contribution is 0.219. The molecule has 1 aromatic rings.